The van der Waals surface area contributed by atoms with Crippen molar-refractivity contribution in [1.29, 1.82) is 0 Å². The molecule has 2 aliphatic rings. The predicted octanol–water partition coefficient (Wildman–Crippen LogP) is 4.17. The summed E-state index contributed by atoms with van der Waals surface area (Å²) in [5.74, 6) is -0.126. The number of carbonyl (C=O) groups excluding carboxylic acids is 1. The summed E-state index contributed by atoms with van der Waals surface area (Å²) in [6.07, 6.45) is 4.45. The lowest BCUT2D eigenvalue weighted by atomic mass is 10.1. The number of nitrogens with zero attached hydrogens (tertiary/aromatic N) is 4. The number of hydrogen-bond acceptors (Lipinski definition) is 7. The van der Waals surface area contributed by atoms with Crippen molar-refractivity contribution < 1.29 is 17.9 Å². The Morgan fingerprint density at radius 1 is 1.11 bits per heavy atom. The second-order valence-electron chi connectivity index (χ2n) is 8.59. The van der Waals surface area contributed by atoms with Gasteiger partial charge in [-0.3, -0.25) is 9.69 Å². The van der Waals surface area contributed by atoms with Crippen LogP contribution in [0, 0.1) is 0 Å². The minimum Gasteiger partial charge on any atom is -0.379 e. The standard InChI is InChI=1S/C26H26N4O4S3/c1-2-11-29-25(31)23(36-26(29)35)17-20-18-30(21-8-4-3-5-9-21)27-24(20)19-7-6-10-22(16-19)37(32,33)28-12-14-34-15-13-28/h3-10,16-18H,2,11-15H2,1H3. The number of sulfonamides is 1. The molecule has 0 spiro atoms. The zero-order valence-corrected chi connectivity index (χ0v) is 22.7. The Hall–Kier alpha value is -2.83. The maximum Gasteiger partial charge on any atom is 0.266 e. The Morgan fingerprint density at radius 3 is 2.59 bits per heavy atom. The monoisotopic (exact) mass is 554 g/mol. The van der Waals surface area contributed by atoms with E-state index in [0.29, 0.717) is 58.9 Å². The Labute approximate surface area is 226 Å². The van der Waals surface area contributed by atoms with E-state index in [9.17, 15) is 13.2 Å². The van der Waals surface area contributed by atoms with Gasteiger partial charge in [-0.05, 0) is 36.8 Å². The van der Waals surface area contributed by atoms with Crippen molar-refractivity contribution in [2.24, 2.45) is 0 Å². The van der Waals surface area contributed by atoms with Gasteiger partial charge >= 0.3 is 0 Å². The second-order valence-corrected chi connectivity index (χ2v) is 12.2. The van der Waals surface area contributed by atoms with E-state index in [0.717, 1.165) is 12.1 Å². The SMILES string of the molecule is CCCN1C(=O)C(=Cc2cn(-c3ccccc3)nc2-c2cccc(S(=O)(=O)N3CCOCC3)c2)SC1=S. The lowest BCUT2D eigenvalue weighted by Gasteiger charge is -2.26. The first-order valence-electron chi connectivity index (χ1n) is 12.0. The molecule has 0 bridgehead atoms. The normalized spacial score (nSPS) is 18.2. The first kappa shape index (κ1) is 25.8. The first-order chi connectivity index (χ1) is 17.9. The molecule has 3 heterocycles. The van der Waals surface area contributed by atoms with Gasteiger partial charge in [0.1, 0.15) is 10.0 Å². The van der Waals surface area contributed by atoms with E-state index in [-0.39, 0.29) is 10.8 Å². The van der Waals surface area contributed by atoms with E-state index in [1.165, 1.54) is 16.1 Å². The number of thioether (sulfide) groups is 1. The maximum atomic E-state index is 13.3. The van der Waals surface area contributed by atoms with Gasteiger partial charge in [-0.2, -0.15) is 9.40 Å². The molecule has 2 aliphatic heterocycles. The van der Waals surface area contributed by atoms with Crippen LogP contribution in [0.15, 0.2) is 70.6 Å². The summed E-state index contributed by atoms with van der Waals surface area (Å²) < 4.78 is 35.6. The Bertz CT molecular complexity index is 1460. The van der Waals surface area contributed by atoms with Crippen LogP contribution < -0.4 is 0 Å². The minimum atomic E-state index is -3.68. The highest BCUT2D eigenvalue weighted by Crippen LogP contribution is 2.35. The van der Waals surface area contributed by atoms with Gasteiger partial charge < -0.3 is 4.74 Å². The van der Waals surface area contributed by atoms with Crippen molar-refractivity contribution in [3.63, 3.8) is 0 Å². The lowest BCUT2D eigenvalue weighted by molar-refractivity contribution is -0.122. The topological polar surface area (TPSA) is 84.7 Å². The number of thiocarbonyl (C=S) groups is 1. The molecule has 0 saturated carbocycles. The van der Waals surface area contributed by atoms with E-state index in [1.807, 2.05) is 49.5 Å². The van der Waals surface area contributed by atoms with Gasteiger partial charge in [0, 0.05) is 37.0 Å². The molecular formula is C26H26N4O4S3. The second kappa shape index (κ2) is 10.9. The van der Waals surface area contributed by atoms with Crippen molar-refractivity contribution in [3.05, 3.63) is 71.3 Å². The summed E-state index contributed by atoms with van der Waals surface area (Å²) in [7, 11) is -3.68. The van der Waals surface area contributed by atoms with Crippen LogP contribution in [0.3, 0.4) is 0 Å². The zero-order valence-electron chi connectivity index (χ0n) is 20.2. The molecule has 11 heteroatoms. The summed E-state index contributed by atoms with van der Waals surface area (Å²) in [6.45, 7) is 3.96. The molecule has 2 fully saturated rings. The predicted molar refractivity (Wildman–Crippen MR) is 149 cm³/mol. The van der Waals surface area contributed by atoms with Crippen molar-refractivity contribution in [2.45, 2.75) is 18.2 Å². The Kier molecular flexibility index (Phi) is 7.59. The number of para-hydroxylation sites is 1. The van der Waals surface area contributed by atoms with Crippen LogP contribution in [0.2, 0.25) is 0 Å². The molecule has 1 amide bonds. The Balaban J connectivity index is 1.58. The molecule has 3 aromatic rings. The third-order valence-electron chi connectivity index (χ3n) is 6.09. The highest BCUT2D eigenvalue weighted by molar-refractivity contribution is 8.26. The summed E-state index contributed by atoms with van der Waals surface area (Å²) in [5.41, 5.74) is 2.75. The highest BCUT2D eigenvalue weighted by Gasteiger charge is 2.32. The van der Waals surface area contributed by atoms with Crippen molar-refractivity contribution >= 4 is 50.3 Å². The lowest BCUT2D eigenvalue weighted by Crippen LogP contribution is -2.40. The van der Waals surface area contributed by atoms with Crippen LogP contribution in [0.1, 0.15) is 18.9 Å². The molecule has 2 saturated heterocycles. The van der Waals surface area contributed by atoms with Gasteiger partial charge in [0.05, 0.1) is 28.7 Å². The smallest absolute Gasteiger partial charge is 0.266 e. The van der Waals surface area contributed by atoms with Crippen LogP contribution in [-0.2, 0) is 19.6 Å². The number of hydrogen-bond donors (Lipinski definition) is 0. The molecule has 0 atom stereocenters. The molecule has 192 valence electrons. The molecular weight excluding hydrogens is 529 g/mol. The van der Waals surface area contributed by atoms with Gasteiger partial charge in [0.2, 0.25) is 10.0 Å². The third kappa shape index (κ3) is 5.27. The fourth-order valence-electron chi connectivity index (χ4n) is 4.23. The van der Waals surface area contributed by atoms with Gasteiger partial charge in [-0.1, -0.05) is 61.2 Å². The summed E-state index contributed by atoms with van der Waals surface area (Å²) in [6, 6.07) is 16.4. The number of rotatable bonds is 7. The first-order valence-corrected chi connectivity index (χ1v) is 14.6. The number of ether oxygens (including phenoxy) is 1. The highest BCUT2D eigenvalue weighted by atomic mass is 32.2. The molecule has 8 nitrogen and oxygen atoms in total. The van der Waals surface area contributed by atoms with Gasteiger partial charge in [-0.15, -0.1) is 0 Å². The number of benzene rings is 2. The molecule has 0 radical (unpaired) electrons. The van der Waals surface area contributed by atoms with Crippen molar-refractivity contribution in [2.75, 3.05) is 32.8 Å². The summed E-state index contributed by atoms with van der Waals surface area (Å²) in [5, 5.41) is 4.80. The maximum absolute atomic E-state index is 13.3. The van der Waals surface area contributed by atoms with Crippen molar-refractivity contribution in [3.8, 4) is 16.9 Å². The average Bonchev–Trinajstić information content (AvgIpc) is 3.46. The zero-order chi connectivity index (χ0) is 26.0. The fourth-order valence-corrected chi connectivity index (χ4v) is 6.98. The van der Waals surface area contributed by atoms with Crippen LogP contribution in [0.5, 0.6) is 0 Å². The molecule has 0 N–H and O–H groups in total. The largest absolute Gasteiger partial charge is 0.379 e. The molecule has 5 rings (SSSR count). The van der Waals surface area contributed by atoms with E-state index in [4.69, 9.17) is 22.1 Å². The van der Waals surface area contributed by atoms with Crippen LogP contribution >= 0.6 is 24.0 Å². The van der Waals surface area contributed by atoms with Gasteiger partial charge in [0.25, 0.3) is 5.91 Å². The quantitative estimate of drug-likeness (QED) is 0.320. The minimum absolute atomic E-state index is 0.126. The van der Waals surface area contributed by atoms with Crippen molar-refractivity contribution in [1.82, 2.24) is 19.0 Å². The molecule has 37 heavy (non-hydrogen) atoms. The van der Waals surface area contributed by atoms with E-state index < -0.39 is 10.0 Å². The Morgan fingerprint density at radius 2 is 1.86 bits per heavy atom. The van der Waals surface area contributed by atoms with Gasteiger partial charge in [-0.25, -0.2) is 13.1 Å². The number of aromatic nitrogens is 2. The molecule has 0 unspecified atom stereocenters. The number of amides is 1. The van der Waals surface area contributed by atoms with Crippen LogP contribution in [0.4, 0.5) is 0 Å². The third-order valence-corrected chi connectivity index (χ3v) is 9.36. The fraction of sp³-hybridized carbons (Fsp3) is 0.269. The van der Waals surface area contributed by atoms with E-state index in [1.54, 1.807) is 33.9 Å². The number of morpholine rings is 1. The van der Waals surface area contributed by atoms with E-state index in [2.05, 4.69) is 0 Å². The summed E-state index contributed by atoms with van der Waals surface area (Å²) in [4.78, 5) is 15.3. The molecule has 2 aromatic carbocycles. The number of carbonyl (C=O) groups is 1. The molecule has 1 aromatic heterocycles. The van der Waals surface area contributed by atoms with Crippen LogP contribution in [0.25, 0.3) is 23.0 Å². The van der Waals surface area contributed by atoms with E-state index >= 15 is 0 Å². The molecule has 0 aliphatic carbocycles. The average molecular weight is 555 g/mol. The van der Waals surface area contributed by atoms with Crippen LogP contribution in [-0.4, -0.2) is 70.5 Å². The van der Waals surface area contributed by atoms with Gasteiger partial charge in [0.15, 0.2) is 0 Å². The summed E-state index contributed by atoms with van der Waals surface area (Å²) >= 11 is 6.70.